The molecule has 1 aromatic rings. The highest BCUT2D eigenvalue weighted by Gasteiger charge is 2.01. The van der Waals surface area contributed by atoms with Crippen LogP contribution in [0.1, 0.15) is 10.4 Å². The molecule has 0 spiro atoms. The number of hydrogen-bond donors (Lipinski definition) is 2. The third kappa shape index (κ3) is 3.70. The summed E-state index contributed by atoms with van der Waals surface area (Å²) in [5.41, 5.74) is 10.6. The first-order valence-corrected chi connectivity index (χ1v) is 4.70. The van der Waals surface area contributed by atoms with E-state index in [1.807, 2.05) is 0 Å². The van der Waals surface area contributed by atoms with E-state index in [1.165, 1.54) is 18.2 Å². The third-order valence-electron chi connectivity index (χ3n) is 1.85. The van der Waals surface area contributed by atoms with E-state index in [0.717, 1.165) is 0 Å². The SMILES string of the molecule is NC/C=C(/F)COc1ccc(C(N)=O)cc1. The minimum Gasteiger partial charge on any atom is -0.487 e. The van der Waals surface area contributed by atoms with Gasteiger partial charge in [0, 0.05) is 12.1 Å². The minimum atomic E-state index is -0.513. The summed E-state index contributed by atoms with van der Waals surface area (Å²) < 4.78 is 18.0. The monoisotopic (exact) mass is 224 g/mol. The molecule has 0 aliphatic heterocycles. The van der Waals surface area contributed by atoms with Gasteiger partial charge >= 0.3 is 0 Å². The zero-order valence-electron chi connectivity index (χ0n) is 8.65. The molecule has 0 fully saturated rings. The van der Waals surface area contributed by atoms with Gasteiger partial charge in [-0.1, -0.05) is 0 Å². The second-order valence-corrected chi connectivity index (χ2v) is 3.06. The van der Waals surface area contributed by atoms with Crippen molar-refractivity contribution in [2.24, 2.45) is 11.5 Å². The van der Waals surface area contributed by atoms with Gasteiger partial charge in [0.15, 0.2) is 0 Å². The molecule has 0 saturated carbocycles. The van der Waals surface area contributed by atoms with E-state index in [9.17, 15) is 9.18 Å². The van der Waals surface area contributed by atoms with Gasteiger partial charge in [-0.2, -0.15) is 0 Å². The van der Waals surface area contributed by atoms with Gasteiger partial charge in [-0.3, -0.25) is 4.79 Å². The first kappa shape index (κ1) is 12.2. The van der Waals surface area contributed by atoms with Crippen molar-refractivity contribution < 1.29 is 13.9 Å². The Bertz CT molecular complexity index is 387. The summed E-state index contributed by atoms with van der Waals surface area (Å²) in [6, 6.07) is 6.13. The van der Waals surface area contributed by atoms with E-state index in [1.54, 1.807) is 12.1 Å². The number of benzene rings is 1. The Balaban J connectivity index is 2.56. The van der Waals surface area contributed by atoms with E-state index >= 15 is 0 Å². The van der Waals surface area contributed by atoms with Crippen LogP contribution >= 0.6 is 0 Å². The number of hydrogen-bond acceptors (Lipinski definition) is 3. The lowest BCUT2D eigenvalue weighted by Gasteiger charge is -2.04. The molecule has 0 bridgehead atoms. The zero-order chi connectivity index (χ0) is 12.0. The van der Waals surface area contributed by atoms with Crippen molar-refractivity contribution in [3.05, 3.63) is 41.7 Å². The molecule has 86 valence electrons. The maximum Gasteiger partial charge on any atom is 0.248 e. The fraction of sp³-hybridized carbons (Fsp3) is 0.182. The van der Waals surface area contributed by atoms with Crippen molar-refractivity contribution in [1.29, 1.82) is 0 Å². The summed E-state index contributed by atoms with van der Waals surface area (Å²) in [7, 11) is 0. The summed E-state index contributed by atoms with van der Waals surface area (Å²) in [6.45, 7) is -0.0388. The Hall–Kier alpha value is -1.88. The molecule has 0 unspecified atom stereocenters. The molecule has 0 aliphatic rings. The molecule has 1 aromatic carbocycles. The summed E-state index contributed by atoms with van der Waals surface area (Å²) >= 11 is 0. The molecule has 0 aliphatic carbocycles. The maximum atomic E-state index is 12.9. The second kappa shape index (κ2) is 5.87. The van der Waals surface area contributed by atoms with Crippen LogP contribution in [0.2, 0.25) is 0 Å². The Labute approximate surface area is 92.7 Å². The van der Waals surface area contributed by atoms with Crippen molar-refractivity contribution in [3.8, 4) is 5.75 Å². The number of amides is 1. The molecule has 0 atom stereocenters. The lowest BCUT2D eigenvalue weighted by Crippen LogP contribution is -2.10. The summed E-state index contributed by atoms with van der Waals surface area (Å²) in [5, 5.41) is 0. The largest absolute Gasteiger partial charge is 0.487 e. The number of carbonyl (C=O) groups excluding carboxylic acids is 1. The normalized spacial score (nSPS) is 11.2. The van der Waals surface area contributed by atoms with Gasteiger partial charge < -0.3 is 16.2 Å². The predicted octanol–water partition coefficient (Wildman–Crippen LogP) is 0.976. The van der Waals surface area contributed by atoms with Crippen molar-refractivity contribution in [2.45, 2.75) is 0 Å². The van der Waals surface area contributed by atoms with Crippen LogP contribution in [0.3, 0.4) is 0 Å². The Kier molecular flexibility index (Phi) is 4.47. The molecular weight excluding hydrogens is 211 g/mol. The van der Waals surface area contributed by atoms with Gasteiger partial charge in [0.25, 0.3) is 0 Å². The van der Waals surface area contributed by atoms with E-state index in [-0.39, 0.29) is 13.2 Å². The first-order chi connectivity index (χ1) is 7.63. The van der Waals surface area contributed by atoms with E-state index in [2.05, 4.69) is 0 Å². The molecule has 0 aromatic heterocycles. The van der Waals surface area contributed by atoms with E-state index in [4.69, 9.17) is 16.2 Å². The number of halogens is 1. The lowest BCUT2D eigenvalue weighted by molar-refractivity contribution is 0.100. The highest BCUT2D eigenvalue weighted by Crippen LogP contribution is 2.13. The Morgan fingerprint density at radius 1 is 1.38 bits per heavy atom. The molecule has 0 heterocycles. The molecule has 1 amide bonds. The van der Waals surface area contributed by atoms with Crippen LogP contribution in [-0.4, -0.2) is 19.1 Å². The highest BCUT2D eigenvalue weighted by molar-refractivity contribution is 5.92. The van der Waals surface area contributed by atoms with Gasteiger partial charge in [0.1, 0.15) is 18.2 Å². The average molecular weight is 224 g/mol. The number of nitrogens with two attached hydrogens (primary N) is 2. The standard InChI is InChI=1S/C11H13FN2O2/c12-9(5-6-13)7-16-10-3-1-8(2-4-10)11(14)15/h1-5H,6-7,13H2,(H2,14,15)/b9-5+. The van der Waals surface area contributed by atoms with Gasteiger partial charge in [0.2, 0.25) is 5.91 Å². The molecule has 4 N–H and O–H groups in total. The molecule has 4 nitrogen and oxygen atoms in total. The zero-order valence-corrected chi connectivity index (χ0v) is 8.65. The quantitative estimate of drug-likeness (QED) is 0.782. The van der Waals surface area contributed by atoms with Gasteiger partial charge in [-0.15, -0.1) is 0 Å². The second-order valence-electron chi connectivity index (χ2n) is 3.06. The Morgan fingerprint density at radius 3 is 2.50 bits per heavy atom. The van der Waals surface area contributed by atoms with Gasteiger partial charge in [0.05, 0.1) is 0 Å². The smallest absolute Gasteiger partial charge is 0.248 e. The molecule has 16 heavy (non-hydrogen) atoms. The summed E-state index contributed by atoms with van der Waals surface area (Å²) in [4.78, 5) is 10.8. The lowest BCUT2D eigenvalue weighted by atomic mass is 10.2. The first-order valence-electron chi connectivity index (χ1n) is 4.70. The summed E-state index contributed by atoms with van der Waals surface area (Å²) in [5.74, 6) is -0.479. The number of rotatable bonds is 5. The number of primary amides is 1. The van der Waals surface area contributed by atoms with Crippen LogP contribution in [0.25, 0.3) is 0 Å². The van der Waals surface area contributed by atoms with Gasteiger partial charge in [-0.25, -0.2) is 4.39 Å². The fourth-order valence-electron chi connectivity index (χ4n) is 1.05. The Morgan fingerprint density at radius 2 is 2.00 bits per heavy atom. The van der Waals surface area contributed by atoms with E-state index < -0.39 is 11.7 Å². The minimum absolute atomic E-state index is 0.135. The summed E-state index contributed by atoms with van der Waals surface area (Å²) in [6.07, 6.45) is 1.23. The van der Waals surface area contributed by atoms with Crippen LogP contribution in [0.15, 0.2) is 36.2 Å². The van der Waals surface area contributed by atoms with E-state index in [0.29, 0.717) is 11.3 Å². The average Bonchev–Trinajstić information content (AvgIpc) is 2.27. The number of ether oxygens (including phenoxy) is 1. The highest BCUT2D eigenvalue weighted by atomic mass is 19.1. The third-order valence-corrected chi connectivity index (χ3v) is 1.85. The van der Waals surface area contributed by atoms with Crippen LogP contribution < -0.4 is 16.2 Å². The van der Waals surface area contributed by atoms with Crippen molar-refractivity contribution in [2.75, 3.05) is 13.2 Å². The van der Waals surface area contributed by atoms with Crippen LogP contribution in [0.4, 0.5) is 4.39 Å². The van der Waals surface area contributed by atoms with Crippen LogP contribution in [-0.2, 0) is 0 Å². The predicted molar refractivity (Wildman–Crippen MR) is 58.7 cm³/mol. The van der Waals surface area contributed by atoms with Crippen LogP contribution in [0.5, 0.6) is 5.75 Å². The maximum absolute atomic E-state index is 12.9. The number of carbonyl (C=O) groups is 1. The molecule has 1 rings (SSSR count). The van der Waals surface area contributed by atoms with Crippen LogP contribution in [0, 0.1) is 0 Å². The topological polar surface area (TPSA) is 78.3 Å². The van der Waals surface area contributed by atoms with Crippen molar-refractivity contribution >= 4 is 5.91 Å². The van der Waals surface area contributed by atoms with Crippen molar-refractivity contribution in [3.63, 3.8) is 0 Å². The fourth-order valence-corrected chi connectivity index (χ4v) is 1.05. The molecule has 0 saturated heterocycles. The van der Waals surface area contributed by atoms with Crippen molar-refractivity contribution in [1.82, 2.24) is 0 Å². The van der Waals surface area contributed by atoms with Gasteiger partial charge in [-0.05, 0) is 30.3 Å². The molecular formula is C11H13FN2O2. The molecule has 0 radical (unpaired) electrons. The molecule has 5 heteroatoms.